The third kappa shape index (κ3) is 5.02. The van der Waals surface area contributed by atoms with E-state index in [0.29, 0.717) is 0 Å². The Bertz CT molecular complexity index is 2970. The molecule has 0 radical (unpaired) electrons. The van der Waals surface area contributed by atoms with Crippen molar-refractivity contribution in [1.29, 1.82) is 0 Å². The van der Waals surface area contributed by atoms with Crippen molar-refractivity contribution < 1.29 is 0 Å². The van der Waals surface area contributed by atoms with Crippen LogP contribution in [0, 0.1) is 20.8 Å². The summed E-state index contributed by atoms with van der Waals surface area (Å²) < 4.78 is 0. The summed E-state index contributed by atoms with van der Waals surface area (Å²) in [6.45, 7) is 6.57. The standard InChI is InChI=1S/C51H38N2/c1-33-18-24-39(25-19-33)52(46-16-8-12-36-10-4-6-14-42(36)46)48-31-23-38-22-28-45-49(32-35(3)41-29-30-44(48)50(38)51(41)45)53(40-26-20-34(2)21-27-40)47-17-9-13-37-11-5-7-15-43(37)47/h4-32H,1-3H3. The van der Waals surface area contributed by atoms with Crippen molar-refractivity contribution in [2.24, 2.45) is 0 Å². The Balaban J connectivity index is 1.28. The SMILES string of the molecule is Cc1ccc(N(c2cccc3ccccc23)c2ccc3ccc4c(N(c5ccc(C)cc5)c5cccc6ccccc56)cc(C)c5ccc2c3c54)cc1. The van der Waals surface area contributed by atoms with Gasteiger partial charge in [0, 0.05) is 32.9 Å². The predicted octanol–water partition coefficient (Wildman–Crippen LogP) is 14.8. The molecule has 0 aliphatic rings. The summed E-state index contributed by atoms with van der Waals surface area (Å²) in [5.74, 6) is 0. The fraction of sp³-hybridized carbons (Fsp3) is 0.0588. The van der Waals surface area contributed by atoms with Crippen LogP contribution in [0.2, 0.25) is 0 Å². The van der Waals surface area contributed by atoms with Crippen molar-refractivity contribution in [3.8, 4) is 0 Å². The lowest BCUT2D eigenvalue weighted by Crippen LogP contribution is -2.12. The Labute approximate surface area is 310 Å². The minimum absolute atomic E-state index is 1.14. The van der Waals surface area contributed by atoms with Crippen LogP contribution in [0.4, 0.5) is 34.1 Å². The quantitative estimate of drug-likeness (QED) is 0.162. The number of benzene rings is 10. The molecule has 0 heterocycles. The third-order valence-corrected chi connectivity index (χ3v) is 11.0. The molecule has 0 aliphatic heterocycles. The van der Waals surface area contributed by atoms with Crippen LogP contribution in [-0.2, 0) is 0 Å². The summed E-state index contributed by atoms with van der Waals surface area (Å²) in [4.78, 5) is 4.92. The highest BCUT2D eigenvalue weighted by atomic mass is 15.2. The zero-order chi connectivity index (χ0) is 35.6. The van der Waals surface area contributed by atoms with Gasteiger partial charge in [-0.1, -0.05) is 139 Å². The van der Waals surface area contributed by atoms with Crippen LogP contribution >= 0.6 is 0 Å². The third-order valence-electron chi connectivity index (χ3n) is 11.0. The van der Waals surface area contributed by atoms with Crippen LogP contribution in [0.3, 0.4) is 0 Å². The summed E-state index contributed by atoms with van der Waals surface area (Å²) in [6.07, 6.45) is 0. The number of rotatable bonds is 6. The highest BCUT2D eigenvalue weighted by molar-refractivity contribution is 6.29. The van der Waals surface area contributed by atoms with E-state index in [4.69, 9.17) is 0 Å². The topological polar surface area (TPSA) is 6.48 Å². The van der Waals surface area contributed by atoms with Gasteiger partial charge in [-0.25, -0.2) is 0 Å². The van der Waals surface area contributed by atoms with Crippen molar-refractivity contribution in [3.05, 3.63) is 193 Å². The van der Waals surface area contributed by atoms with Crippen LogP contribution in [0.1, 0.15) is 16.7 Å². The van der Waals surface area contributed by atoms with Gasteiger partial charge in [-0.2, -0.15) is 0 Å². The van der Waals surface area contributed by atoms with Gasteiger partial charge in [-0.3, -0.25) is 0 Å². The van der Waals surface area contributed by atoms with Crippen LogP contribution in [0.5, 0.6) is 0 Å². The van der Waals surface area contributed by atoms with Crippen molar-refractivity contribution in [2.75, 3.05) is 9.80 Å². The molecule has 252 valence electrons. The maximum atomic E-state index is 2.47. The minimum Gasteiger partial charge on any atom is -0.309 e. The van der Waals surface area contributed by atoms with E-state index >= 15 is 0 Å². The lowest BCUT2D eigenvalue weighted by atomic mass is 9.89. The number of fused-ring (bicyclic) bond motifs is 2. The molecule has 0 aromatic heterocycles. The average molecular weight is 679 g/mol. The monoisotopic (exact) mass is 678 g/mol. The molecule has 0 unspecified atom stereocenters. The molecule has 0 amide bonds. The average Bonchev–Trinajstić information content (AvgIpc) is 3.20. The first-order valence-electron chi connectivity index (χ1n) is 18.4. The first kappa shape index (κ1) is 31.1. The molecule has 10 rings (SSSR count). The normalized spacial score (nSPS) is 11.7. The maximum Gasteiger partial charge on any atom is 0.0543 e. The Hall–Kier alpha value is -6.64. The zero-order valence-corrected chi connectivity index (χ0v) is 30.1. The van der Waals surface area contributed by atoms with E-state index in [9.17, 15) is 0 Å². The number of anilines is 6. The highest BCUT2D eigenvalue weighted by Gasteiger charge is 2.24. The first-order chi connectivity index (χ1) is 26.0. The van der Waals surface area contributed by atoms with Crippen molar-refractivity contribution in [1.82, 2.24) is 0 Å². The highest BCUT2D eigenvalue weighted by Crippen LogP contribution is 2.49. The molecule has 10 aromatic carbocycles. The Kier molecular flexibility index (Phi) is 7.19. The zero-order valence-electron chi connectivity index (χ0n) is 30.1. The molecule has 53 heavy (non-hydrogen) atoms. The minimum atomic E-state index is 1.14. The van der Waals surface area contributed by atoms with Gasteiger partial charge in [0.25, 0.3) is 0 Å². The van der Waals surface area contributed by atoms with Crippen LogP contribution < -0.4 is 9.80 Å². The molecule has 2 nitrogen and oxygen atoms in total. The first-order valence-corrected chi connectivity index (χ1v) is 18.4. The van der Waals surface area contributed by atoms with Gasteiger partial charge >= 0.3 is 0 Å². The lowest BCUT2D eigenvalue weighted by molar-refractivity contribution is 1.29. The van der Waals surface area contributed by atoms with E-state index in [2.05, 4.69) is 206 Å². The molecule has 2 heteroatoms. The van der Waals surface area contributed by atoms with Crippen molar-refractivity contribution in [3.63, 3.8) is 0 Å². The van der Waals surface area contributed by atoms with Gasteiger partial charge in [0.15, 0.2) is 0 Å². The molecule has 0 N–H and O–H groups in total. The number of aryl methyl sites for hydroxylation is 3. The van der Waals surface area contributed by atoms with E-state index in [1.807, 2.05) is 0 Å². The molecule has 0 bridgehead atoms. The van der Waals surface area contributed by atoms with E-state index < -0.39 is 0 Å². The second-order valence-electron chi connectivity index (χ2n) is 14.4. The van der Waals surface area contributed by atoms with Gasteiger partial charge in [0.2, 0.25) is 0 Å². The Morgan fingerprint density at radius 1 is 0.302 bits per heavy atom. The fourth-order valence-corrected chi connectivity index (χ4v) is 8.43. The smallest absolute Gasteiger partial charge is 0.0543 e. The number of hydrogen-bond acceptors (Lipinski definition) is 2. The summed E-state index contributed by atoms with van der Waals surface area (Å²) in [5.41, 5.74) is 10.7. The van der Waals surface area contributed by atoms with Gasteiger partial charge < -0.3 is 9.80 Å². The Morgan fingerprint density at radius 3 is 1.36 bits per heavy atom. The molecular formula is C51H38N2. The van der Waals surface area contributed by atoms with Gasteiger partial charge in [-0.15, -0.1) is 0 Å². The van der Waals surface area contributed by atoms with Crippen molar-refractivity contribution in [2.45, 2.75) is 20.8 Å². The van der Waals surface area contributed by atoms with E-state index in [-0.39, 0.29) is 0 Å². The van der Waals surface area contributed by atoms with Gasteiger partial charge in [0.1, 0.15) is 0 Å². The molecule has 10 aromatic rings. The van der Waals surface area contributed by atoms with Crippen LogP contribution in [-0.4, -0.2) is 0 Å². The maximum absolute atomic E-state index is 2.47. The second kappa shape index (κ2) is 12.3. The van der Waals surface area contributed by atoms with Crippen LogP contribution in [0.25, 0.3) is 53.9 Å². The molecule has 0 aliphatic carbocycles. The van der Waals surface area contributed by atoms with Crippen LogP contribution in [0.15, 0.2) is 176 Å². The molecule has 0 atom stereocenters. The molecule has 0 saturated carbocycles. The molecule has 0 spiro atoms. The summed E-state index contributed by atoms with van der Waals surface area (Å²) >= 11 is 0. The van der Waals surface area contributed by atoms with E-state index in [1.165, 1.54) is 93.3 Å². The van der Waals surface area contributed by atoms with Gasteiger partial charge in [0.05, 0.1) is 22.7 Å². The van der Waals surface area contributed by atoms with Crippen molar-refractivity contribution >= 4 is 88.0 Å². The second-order valence-corrected chi connectivity index (χ2v) is 14.4. The van der Waals surface area contributed by atoms with Gasteiger partial charge in [-0.05, 0) is 107 Å². The number of hydrogen-bond donors (Lipinski definition) is 0. The van der Waals surface area contributed by atoms with E-state index in [1.54, 1.807) is 0 Å². The van der Waals surface area contributed by atoms with E-state index in [0.717, 1.165) is 11.4 Å². The Morgan fingerprint density at radius 2 is 0.755 bits per heavy atom. The molecular weight excluding hydrogens is 641 g/mol. The summed E-state index contributed by atoms with van der Waals surface area (Å²) in [7, 11) is 0. The molecule has 0 saturated heterocycles. The summed E-state index contributed by atoms with van der Waals surface area (Å²) in [5, 5.41) is 12.5. The fourth-order valence-electron chi connectivity index (χ4n) is 8.43. The lowest BCUT2D eigenvalue weighted by Gasteiger charge is -2.31. The summed E-state index contributed by atoms with van der Waals surface area (Å²) in [6, 6.07) is 65.0. The largest absolute Gasteiger partial charge is 0.309 e. The number of nitrogens with zero attached hydrogens (tertiary/aromatic N) is 2. The molecule has 0 fully saturated rings. The predicted molar refractivity (Wildman–Crippen MR) is 229 cm³/mol.